The zero-order chi connectivity index (χ0) is 12.4. The van der Waals surface area contributed by atoms with Gasteiger partial charge in [-0.15, -0.1) is 0 Å². The van der Waals surface area contributed by atoms with Crippen molar-refractivity contribution >= 4 is 11.6 Å². The minimum atomic E-state index is -1.53. The van der Waals surface area contributed by atoms with Crippen molar-refractivity contribution in [3.8, 4) is 16.9 Å². The summed E-state index contributed by atoms with van der Waals surface area (Å²) in [7, 11) is 0. The number of hydrogen-bond acceptors (Lipinski definition) is 3. The van der Waals surface area contributed by atoms with E-state index < -0.39 is 6.29 Å². The summed E-state index contributed by atoms with van der Waals surface area (Å²) in [5, 5.41) is 28.4. The summed E-state index contributed by atoms with van der Waals surface area (Å²) in [4.78, 5) is 0. The van der Waals surface area contributed by atoms with Gasteiger partial charge in [0, 0.05) is 16.1 Å². The molecule has 0 aliphatic rings. The summed E-state index contributed by atoms with van der Waals surface area (Å²) < 4.78 is 0. The summed E-state index contributed by atoms with van der Waals surface area (Å²) >= 11 is 5.86. The van der Waals surface area contributed by atoms with Gasteiger partial charge in [-0.3, -0.25) is 0 Å². The molecule has 2 aromatic rings. The largest absolute Gasteiger partial charge is 0.507 e. The smallest absolute Gasteiger partial charge is 0.178 e. The third-order valence-corrected chi connectivity index (χ3v) is 2.69. The Kier molecular flexibility index (Phi) is 3.33. The minimum absolute atomic E-state index is 0.0963. The van der Waals surface area contributed by atoms with Crippen LogP contribution in [0.1, 0.15) is 11.9 Å². The Labute approximate surface area is 104 Å². The van der Waals surface area contributed by atoms with Crippen LogP contribution in [0, 0.1) is 0 Å². The molecule has 0 bridgehead atoms. The van der Waals surface area contributed by atoms with E-state index in [2.05, 4.69) is 0 Å². The molecule has 3 nitrogen and oxygen atoms in total. The summed E-state index contributed by atoms with van der Waals surface area (Å²) in [6.07, 6.45) is -1.53. The lowest BCUT2D eigenvalue weighted by Crippen LogP contribution is -1.94. The standard InChI is InChI=1S/C13H11ClO3/c14-10-4-5-12(15)11(7-10)8-2-1-3-9(6-8)13(16)17/h1-7,13,15-17H. The highest BCUT2D eigenvalue weighted by Gasteiger charge is 2.08. The van der Waals surface area contributed by atoms with Gasteiger partial charge in [-0.25, -0.2) is 0 Å². The van der Waals surface area contributed by atoms with Crippen LogP contribution in [-0.4, -0.2) is 15.3 Å². The summed E-state index contributed by atoms with van der Waals surface area (Å²) in [6, 6.07) is 11.3. The molecular weight excluding hydrogens is 240 g/mol. The Morgan fingerprint density at radius 1 is 1.00 bits per heavy atom. The Balaban J connectivity index is 2.52. The van der Waals surface area contributed by atoms with E-state index in [1.807, 2.05) is 0 Å². The molecule has 0 saturated carbocycles. The van der Waals surface area contributed by atoms with Gasteiger partial charge in [0.25, 0.3) is 0 Å². The SMILES string of the molecule is Oc1ccc(Cl)cc1-c1cccc(C(O)O)c1. The van der Waals surface area contributed by atoms with Crippen LogP contribution in [0.15, 0.2) is 42.5 Å². The molecular formula is C13H11ClO3. The molecule has 2 rings (SSSR count). The highest BCUT2D eigenvalue weighted by Crippen LogP contribution is 2.32. The van der Waals surface area contributed by atoms with E-state index in [0.717, 1.165) is 0 Å². The number of aliphatic hydroxyl groups excluding tert-OH is 1. The number of benzene rings is 2. The second-order valence-electron chi connectivity index (χ2n) is 3.66. The molecule has 0 saturated heterocycles. The van der Waals surface area contributed by atoms with Crippen molar-refractivity contribution in [2.24, 2.45) is 0 Å². The van der Waals surface area contributed by atoms with Crippen molar-refractivity contribution in [1.29, 1.82) is 0 Å². The number of aromatic hydroxyl groups is 1. The van der Waals surface area contributed by atoms with E-state index in [1.54, 1.807) is 36.4 Å². The molecule has 0 atom stereocenters. The molecule has 0 spiro atoms. The number of hydrogen-bond donors (Lipinski definition) is 3. The fourth-order valence-corrected chi connectivity index (χ4v) is 1.78. The number of phenols is 1. The molecule has 0 radical (unpaired) electrons. The molecule has 0 unspecified atom stereocenters. The molecule has 0 aromatic heterocycles. The Morgan fingerprint density at radius 3 is 2.47 bits per heavy atom. The highest BCUT2D eigenvalue weighted by molar-refractivity contribution is 6.31. The van der Waals surface area contributed by atoms with Gasteiger partial charge in [-0.1, -0.05) is 29.8 Å². The van der Waals surface area contributed by atoms with Crippen LogP contribution in [0.4, 0.5) is 0 Å². The van der Waals surface area contributed by atoms with Gasteiger partial charge in [0.1, 0.15) is 5.75 Å². The van der Waals surface area contributed by atoms with Gasteiger partial charge in [-0.2, -0.15) is 0 Å². The summed E-state index contributed by atoms with van der Waals surface area (Å²) in [5.41, 5.74) is 1.59. The van der Waals surface area contributed by atoms with E-state index in [9.17, 15) is 5.11 Å². The van der Waals surface area contributed by atoms with E-state index in [1.165, 1.54) is 6.07 Å². The minimum Gasteiger partial charge on any atom is -0.507 e. The highest BCUT2D eigenvalue weighted by atomic mass is 35.5. The molecule has 0 amide bonds. The van der Waals surface area contributed by atoms with E-state index in [0.29, 0.717) is 21.7 Å². The van der Waals surface area contributed by atoms with Gasteiger partial charge in [0.2, 0.25) is 0 Å². The zero-order valence-corrected chi connectivity index (χ0v) is 9.59. The monoisotopic (exact) mass is 250 g/mol. The van der Waals surface area contributed by atoms with Crippen molar-refractivity contribution in [3.05, 3.63) is 53.1 Å². The first-order chi connectivity index (χ1) is 8.08. The van der Waals surface area contributed by atoms with Gasteiger partial charge in [0.05, 0.1) is 0 Å². The lowest BCUT2D eigenvalue weighted by atomic mass is 10.0. The van der Waals surface area contributed by atoms with Gasteiger partial charge >= 0.3 is 0 Å². The number of aliphatic hydroxyl groups is 2. The quantitative estimate of drug-likeness (QED) is 0.718. The van der Waals surface area contributed by atoms with E-state index in [-0.39, 0.29) is 5.75 Å². The fraction of sp³-hybridized carbons (Fsp3) is 0.0769. The third kappa shape index (κ3) is 2.58. The molecule has 4 heteroatoms. The summed E-state index contributed by atoms with van der Waals surface area (Å²) in [6.45, 7) is 0. The van der Waals surface area contributed by atoms with Crippen LogP contribution >= 0.6 is 11.6 Å². The topological polar surface area (TPSA) is 60.7 Å². The average Bonchev–Trinajstić information content (AvgIpc) is 2.32. The predicted octanol–water partition coefficient (Wildman–Crippen LogP) is 2.70. The molecule has 17 heavy (non-hydrogen) atoms. The average molecular weight is 251 g/mol. The Hall–Kier alpha value is -1.55. The van der Waals surface area contributed by atoms with Crippen molar-refractivity contribution in [2.45, 2.75) is 6.29 Å². The van der Waals surface area contributed by atoms with Crippen LogP contribution in [0.3, 0.4) is 0 Å². The van der Waals surface area contributed by atoms with Crippen molar-refractivity contribution in [1.82, 2.24) is 0 Å². The van der Waals surface area contributed by atoms with Crippen LogP contribution in [0.25, 0.3) is 11.1 Å². The first-order valence-corrected chi connectivity index (χ1v) is 5.41. The number of halogens is 1. The first-order valence-electron chi connectivity index (χ1n) is 5.03. The molecule has 0 heterocycles. The predicted molar refractivity (Wildman–Crippen MR) is 65.7 cm³/mol. The molecule has 0 aliphatic heterocycles. The van der Waals surface area contributed by atoms with Crippen LogP contribution in [-0.2, 0) is 0 Å². The Morgan fingerprint density at radius 2 is 1.76 bits per heavy atom. The number of phenolic OH excluding ortho intramolecular Hbond substituents is 1. The van der Waals surface area contributed by atoms with E-state index in [4.69, 9.17) is 21.8 Å². The third-order valence-electron chi connectivity index (χ3n) is 2.45. The van der Waals surface area contributed by atoms with Gasteiger partial charge in [0.15, 0.2) is 6.29 Å². The lowest BCUT2D eigenvalue weighted by Gasteiger charge is -2.09. The maximum absolute atomic E-state index is 9.73. The maximum atomic E-state index is 9.73. The van der Waals surface area contributed by atoms with Gasteiger partial charge in [-0.05, 0) is 29.8 Å². The van der Waals surface area contributed by atoms with Crippen molar-refractivity contribution in [3.63, 3.8) is 0 Å². The van der Waals surface area contributed by atoms with Crippen molar-refractivity contribution in [2.75, 3.05) is 0 Å². The van der Waals surface area contributed by atoms with Crippen LogP contribution in [0.2, 0.25) is 5.02 Å². The van der Waals surface area contributed by atoms with Crippen LogP contribution in [0.5, 0.6) is 5.75 Å². The van der Waals surface area contributed by atoms with Crippen molar-refractivity contribution < 1.29 is 15.3 Å². The fourth-order valence-electron chi connectivity index (χ4n) is 1.61. The molecule has 3 N–H and O–H groups in total. The maximum Gasteiger partial charge on any atom is 0.178 e. The first kappa shape index (κ1) is 11.9. The summed E-state index contributed by atoms with van der Waals surface area (Å²) in [5.74, 6) is 0.0963. The zero-order valence-electron chi connectivity index (χ0n) is 8.84. The lowest BCUT2D eigenvalue weighted by molar-refractivity contribution is -0.0424. The second kappa shape index (κ2) is 4.75. The van der Waals surface area contributed by atoms with E-state index >= 15 is 0 Å². The van der Waals surface area contributed by atoms with Gasteiger partial charge < -0.3 is 15.3 Å². The Bertz CT molecular complexity index is 538. The molecule has 2 aromatic carbocycles. The molecule has 0 fully saturated rings. The second-order valence-corrected chi connectivity index (χ2v) is 4.10. The van der Waals surface area contributed by atoms with Crippen LogP contribution < -0.4 is 0 Å². The number of rotatable bonds is 2. The molecule has 0 aliphatic carbocycles. The molecule has 88 valence electrons. The normalized spacial score (nSPS) is 10.8.